The minimum Gasteiger partial charge on any atom is -0.301 e. The molecule has 0 bridgehead atoms. The number of likely N-dealkylation sites (tertiary alicyclic amines) is 1. The van der Waals surface area contributed by atoms with Gasteiger partial charge in [0.15, 0.2) is 0 Å². The third-order valence-electron chi connectivity index (χ3n) is 2.46. The molecule has 0 aromatic heterocycles. The third-order valence-corrected chi connectivity index (χ3v) is 2.82. The van der Waals surface area contributed by atoms with E-state index in [1.54, 1.807) is 0 Å². The maximum absolute atomic E-state index is 3.44. The number of rotatable bonds is 3. The monoisotopic (exact) mass is 205 g/mol. The predicted molar refractivity (Wildman–Crippen MR) is 48.6 cm³/mol. The molecule has 1 heterocycles. The van der Waals surface area contributed by atoms with Crippen LogP contribution in [0.1, 0.15) is 20.3 Å². The van der Waals surface area contributed by atoms with Crippen LogP contribution in [0.5, 0.6) is 0 Å². The van der Waals surface area contributed by atoms with E-state index in [2.05, 4.69) is 34.7 Å². The van der Waals surface area contributed by atoms with Crippen molar-refractivity contribution in [3.8, 4) is 0 Å². The van der Waals surface area contributed by atoms with Crippen LogP contribution >= 0.6 is 15.9 Å². The van der Waals surface area contributed by atoms with Crippen LogP contribution in [0.4, 0.5) is 0 Å². The molecule has 60 valence electrons. The molecule has 0 radical (unpaired) electrons. The van der Waals surface area contributed by atoms with Gasteiger partial charge in [0.1, 0.15) is 0 Å². The van der Waals surface area contributed by atoms with E-state index >= 15 is 0 Å². The summed E-state index contributed by atoms with van der Waals surface area (Å²) >= 11 is 3.44. The fraction of sp³-hybridized carbons (Fsp3) is 1.00. The first kappa shape index (κ1) is 8.54. The number of alkyl halides is 1. The molecule has 0 aliphatic carbocycles. The van der Waals surface area contributed by atoms with Gasteiger partial charge in [-0.15, -0.1) is 0 Å². The van der Waals surface area contributed by atoms with Gasteiger partial charge in [-0.3, -0.25) is 0 Å². The van der Waals surface area contributed by atoms with Crippen molar-refractivity contribution < 1.29 is 0 Å². The summed E-state index contributed by atoms with van der Waals surface area (Å²) in [5.74, 6) is 0. The second-order valence-electron chi connectivity index (χ2n) is 3.56. The Labute approximate surface area is 71.9 Å². The number of hydrogen-bond acceptors (Lipinski definition) is 1. The quantitative estimate of drug-likeness (QED) is 0.639. The van der Waals surface area contributed by atoms with Crippen LogP contribution in [0.3, 0.4) is 0 Å². The zero-order chi connectivity index (χ0) is 7.61. The average Bonchev–Trinajstić information content (AvgIpc) is 1.85. The van der Waals surface area contributed by atoms with E-state index in [1.807, 2.05) is 0 Å². The highest BCUT2D eigenvalue weighted by atomic mass is 79.9. The Morgan fingerprint density at radius 2 is 2.10 bits per heavy atom. The molecule has 10 heavy (non-hydrogen) atoms. The lowest BCUT2D eigenvalue weighted by Crippen LogP contribution is -2.54. The second kappa shape index (κ2) is 3.22. The van der Waals surface area contributed by atoms with Crippen molar-refractivity contribution in [1.29, 1.82) is 0 Å². The van der Waals surface area contributed by atoms with Gasteiger partial charge in [-0.1, -0.05) is 29.8 Å². The molecule has 0 amide bonds. The smallest absolute Gasteiger partial charge is 0.0159 e. The molecule has 0 aromatic rings. The topological polar surface area (TPSA) is 3.24 Å². The van der Waals surface area contributed by atoms with Gasteiger partial charge < -0.3 is 4.90 Å². The summed E-state index contributed by atoms with van der Waals surface area (Å²) < 4.78 is 0. The summed E-state index contributed by atoms with van der Waals surface area (Å²) in [6.07, 6.45) is 1.33. The molecule has 0 atom stereocenters. The van der Waals surface area contributed by atoms with Gasteiger partial charge in [0.05, 0.1) is 0 Å². The maximum Gasteiger partial charge on any atom is 0.0159 e. The molecule has 2 heteroatoms. The van der Waals surface area contributed by atoms with Crippen LogP contribution in [0.15, 0.2) is 0 Å². The van der Waals surface area contributed by atoms with Crippen LogP contribution in [0, 0.1) is 5.41 Å². The molecule has 1 saturated heterocycles. The zero-order valence-electron chi connectivity index (χ0n) is 6.86. The summed E-state index contributed by atoms with van der Waals surface area (Å²) in [6, 6.07) is 0. The van der Waals surface area contributed by atoms with Crippen LogP contribution in [-0.4, -0.2) is 29.9 Å². The average molecular weight is 206 g/mol. The van der Waals surface area contributed by atoms with Crippen LogP contribution in [0.25, 0.3) is 0 Å². The van der Waals surface area contributed by atoms with E-state index in [-0.39, 0.29) is 0 Å². The van der Waals surface area contributed by atoms with E-state index < -0.39 is 0 Å². The zero-order valence-corrected chi connectivity index (χ0v) is 8.45. The lowest BCUT2D eigenvalue weighted by molar-refractivity contribution is 0.0186. The number of nitrogens with zero attached hydrogens (tertiary/aromatic N) is 1. The molecule has 1 aliphatic rings. The van der Waals surface area contributed by atoms with Gasteiger partial charge in [0.25, 0.3) is 0 Å². The van der Waals surface area contributed by atoms with E-state index in [9.17, 15) is 0 Å². The summed E-state index contributed by atoms with van der Waals surface area (Å²) in [6.45, 7) is 8.48. The Bertz CT molecular complexity index is 108. The SMILES string of the molecule is CCC1(C)CN(CCBr)C1. The lowest BCUT2D eigenvalue weighted by Gasteiger charge is -2.47. The van der Waals surface area contributed by atoms with Gasteiger partial charge in [0.2, 0.25) is 0 Å². The van der Waals surface area contributed by atoms with Gasteiger partial charge in [0, 0.05) is 25.0 Å². The summed E-state index contributed by atoms with van der Waals surface area (Å²) in [5, 5.41) is 1.12. The van der Waals surface area contributed by atoms with E-state index in [0.717, 1.165) is 5.33 Å². The predicted octanol–water partition coefficient (Wildman–Crippen LogP) is 2.11. The highest BCUT2D eigenvalue weighted by Gasteiger charge is 2.35. The van der Waals surface area contributed by atoms with E-state index in [4.69, 9.17) is 0 Å². The van der Waals surface area contributed by atoms with Crippen molar-refractivity contribution in [1.82, 2.24) is 4.90 Å². The third kappa shape index (κ3) is 1.73. The van der Waals surface area contributed by atoms with Crippen molar-refractivity contribution in [3.05, 3.63) is 0 Å². The van der Waals surface area contributed by atoms with E-state index in [1.165, 1.54) is 26.1 Å². The Kier molecular flexibility index (Phi) is 2.75. The van der Waals surface area contributed by atoms with Crippen molar-refractivity contribution >= 4 is 15.9 Å². The van der Waals surface area contributed by atoms with Gasteiger partial charge in [-0.05, 0) is 11.8 Å². The highest BCUT2D eigenvalue weighted by Crippen LogP contribution is 2.32. The fourth-order valence-corrected chi connectivity index (χ4v) is 2.04. The largest absolute Gasteiger partial charge is 0.301 e. The molecule has 0 unspecified atom stereocenters. The molecular weight excluding hydrogens is 190 g/mol. The fourth-order valence-electron chi connectivity index (χ4n) is 1.53. The summed E-state index contributed by atoms with van der Waals surface area (Å²) in [5.41, 5.74) is 0.641. The molecular formula is C8H16BrN. The van der Waals surface area contributed by atoms with Crippen molar-refractivity contribution in [2.75, 3.05) is 25.0 Å². The van der Waals surface area contributed by atoms with E-state index in [0.29, 0.717) is 5.41 Å². The molecule has 0 aromatic carbocycles. The molecule has 0 saturated carbocycles. The summed E-state index contributed by atoms with van der Waals surface area (Å²) in [7, 11) is 0. The molecule has 1 fully saturated rings. The van der Waals surface area contributed by atoms with Crippen molar-refractivity contribution in [2.45, 2.75) is 20.3 Å². The standard InChI is InChI=1S/C8H16BrN/c1-3-8(2)6-10(7-8)5-4-9/h3-7H2,1-2H3. The second-order valence-corrected chi connectivity index (χ2v) is 4.36. The lowest BCUT2D eigenvalue weighted by atomic mass is 9.80. The van der Waals surface area contributed by atoms with Gasteiger partial charge in [-0.2, -0.15) is 0 Å². The Hall–Kier alpha value is 0.440. The minimum absolute atomic E-state index is 0.641. The van der Waals surface area contributed by atoms with Crippen molar-refractivity contribution in [3.63, 3.8) is 0 Å². The van der Waals surface area contributed by atoms with Crippen molar-refractivity contribution in [2.24, 2.45) is 5.41 Å². The summed E-state index contributed by atoms with van der Waals surface area (Å²) in [4.78, 5) is 2.50. The Morgan fingerprint density at radius 3 is 2.50 bits per heavy atom. The van der Waals surface area contributed by atoms with Crippen LogP contribution in [-0.2, 0) is 0 Å². The van der Waals surface area contributed by atoms with Crippen LogP contribution < -0.4 is 0 Å². The van der Waals surface area contributed by atoms with Gasteiger partial charge in [-0.25, -0.2) is 0 Å². The van der Waals surface area contributed by atoms with Gasteiger partial charge >= 0.3 is 0 Å². The first-order valence-corrected chi connectivity index (χ1v) is 5.11. The molecule has 1 rings (SSSR count). The molecule has 0 N–H and O–H groups in total. The highest BCUT2D eigenvalue weighted by molar-refractivity contribution is 9.09. The maximum atomic E-state index is 3.44. The minimum atomic E-state index is 0.641. The first-order chi connectivity index (χ1) is 4.70. The normalized spacial score (nSPS) is 24.3. The van der Waals surface area contributed by atoms with Crippen LogP contribution in [0.2, 0.25) is 0 Å². The molecule has 0 spiro atoms. The molecule has 1 nitrogen and oxygen atoms in total. The first-order valence-electron chi connectivity index (χ1n) is 3.98. The Balaban J connectivity index is 2.16. The molecule has 1 aliphatic heterocycles. The number of halogens is 1. The Morgan fingerprint density at radius 1 is 1.50 bits per heavy atom. The number of hydrogen-bond donors (Lipinski definition) is 0.